The van der Waals surface area contributed by atoms with Crippen molar-refractivity contribution in [3.05, 3.63) is 29.3 Å². The molecule has 1 aromatic carbocycles. The molecule has 0 saturated heterocycles. The quantitative estimate of drug-likeness (QED) is 0.846. The fourth-order valence-corrected chi connectivity index (χ4v) is 2.43. The molecule has 2 nitrogen and oxygen atoms in total. The molecule has 18 heavy (non-hydrogen) atoms. The molecule has 0 heterocycles. The van der Waals surface area contributed by atoms with Crippen molar-refractivity contribution in [1.82, 2.24) is 5.32 Å². The Balaban J connectivity index is 2.78. The van der Waals surface area contributed by atoms with E-state index >= 15 is 0 Å². The van der Waals surface area contributed by atoms with Crippen LogP contribution in [-0.2, 0) is 12.3 Å². The lowest BCUT2D eigenvalue weighted by Gasteiger charge is -2.19. The van der Waals surface area contributed by atoms with Crippen LogP contribution in [0.15, 0.2) is 18.2 Å². The first kappa shape index (κ1) is 15.4. The van der Waals surface area contributed by atoms with Gasteiger partial charge in [-0.1, -0.05) is 33.8 Å². The van der Waals surface area contributed by atoms with Crippen molar-refractivity contribution in [1.29, 1.82) is 0 Å². The third-order valence-corrected chi connectivity index (χ3v) is 3.91. The number of ether oxygens (including phenoxy) is 1. The summed E-state index contributed by atoms with van der Waals surface area (Å²) in [7, 11) is 1.74. The smallest absolute Gasteiger partial charge is 0.122 e. The molecule has 0 aliphatic heterocycles. The molecule has 0 radical (unpaired) electrons. The van der Waals surface area contributed by atoms with E-state index in [1.807, 2.05) is 11.8 Å². The Morgan fingerprint density at radius 1 is 1.28 bits per heavy atom. The number of thioether (sulfide) groups is 1. The van der Waals surface area contributed by atoms with Crippen LogP contribution in [0.25, 0.3) is 0 Å². The molecule has 0 aliphatic carbocycles. The molecule has 0 aromatic heterocycles. The molecule has 0 amide bonds. The Morgan fingerprint density at radius 2 is 2.00 bits per heavy atom. The van der Waals surface area contributed by atoms with Crippen LogP contribution in [0.4, 0.5) is 0 Å². The summed E-state index contributed by atoms with van der Waals surface area (Å²) in [6, 6.07) is 6.46. The first-order valence-electron chi connectivity index (χ1n) is 6.46. The van der Waals surface area contributed by atoms with Gasteiger partial charge in [0, 0.05) is 22.6 Å². The van der Waals surface area contributed by atoms with Crippen LogP contribution in [-0.4, -0.2) is 18.4 Å². The summed E-state index contributed by atoms with van der Waals surface area (Å²) in [5.41, 5.74) is 2.61. The minimum atomic E-state index is 0.280. The van der Waals surface area contributed by atoms with E-state index < -0.39 is 0 Å². The Morgan fingerprint density at radius 3 is 2.56 bits per heavy atom. The number of methoxy groups -OCH3 is 1. The topological polar surface area (TPSA) is 21.3 Å². The third kappa shape index (κ3) is 5.32. The molecular weight excluding hydrogens is 242 g/mol. The molecule has 0 fully saturated rings. The monoisotopic (exact) mass is 267 g/mol. The molecular formula is C15H25NOS. The predicted octanol–water partition coefficient (Wildman–Crippen LogP) is 3.84. The van der Waals surface area contributed by atoms with Gasteiger partial charge in [0.2, 0.25) is 0 Å². The van der Waals surface area contributed by atoms with E-state index in [9.17, 15) is 0 Å². The summed E-state index contributed by atoms with van der Waals surface area (Å²) >= 11 is 1.95. The molecule has 102 valence electrons. The standard InChI is InChI=1S/C15H25NOS/c1-6-16-10-12-7-8-14(17-5)13(9-12)11-18-15(2,3)4/h7-9,16H,6,10-11H2,1-5H3. The van der Waals surface area contributed by atoms with Gasteiger partial charge in [-0.05, 0) is 24.2 Å². The molecule has 0 atom stereocenters. The third-order valence-electron chi connectivity index (χ3n) is 2.58. The van der Waals surface area contributed by atoms with Gasteiger partial charge in [0.05, 0.1) is 7.11 Å². The second kappa shape index (κ2) is 7.05. The second-order valence-corrected chi connectivity index (χ2v) is 7.13. The zero-order chi connectivity index (χ0) is 13.6. The predicted molar refractivity (Wildman–Crippen MR) is 81.4 cm³/mol. The van der Waals surface area contributed by atoms with Gasteiger partial charge < -0.3 is 10.1 Å². The van der Waals surface area contributed by atoms with Crippen LogP contribution < -0.4 is 10.1 Å². The van der Waals surface area contributed by atoms with Crippen molar-refractivity contribution in [3.8, 4) is 5.75 Å². The summed E-state index contributed by atoms with van der Waals surface area (Å²) in [5.74, 6) is 1.99. The van der Waals surface area contributed by atoms with Crippen molar-refractivity contribution in [2.75, 3.05) is 13.7 Å². The van der Waals surface area contributed by atoms with Crippen molar-refractivity contribution in [2.45, 2.75) is 44.7 Å². The van der Waals surface area contributed by atoms with Gasteiger partial charge in [0.25, 0.3) is 0 Å². The summed E-state index contributed by atoms with van der Waals surface area (Å²) < 4.78 is 5.72. The van der Waals surface area contributed by atoms with Crippen molar-refractivity contribution in [2.24, 2.45) is 0 Å². The largest absolute Gasteiger partial charge is 0.496 e. The molecule has 1 N–H and O–H groups in total. The van der Waals surface area contributed by atoms with Crippen molar-refractivity contribution < 1.29 is 4.74 Å². The van der Waals surface area contributed by atoms with Gasteiger partial charge in [-0.25, -0.2) is 0 Å². The maximum Gasteiger partial charge on any atom is 0.122 e. The minimum absolute atomic E-state index is 0.280. The minimum Gasteiger partial charge on any atom is -0.496 e. The van der Waals surface area contributed by atoms with E-state index in [2.05, 4.69) is 51.2 Å². The van der Waals surface area contributed by atoms with Gasteiger partial charge in [-0.15, -0.1) is 0 Å². The summed E-state index contributed by atoms with van der Waals surface area (Å²) in [5, 5.41) is 3.35. The van der Waals surface area contributed by atoms with Crippen LogP contribution in [0.1, 0.15) is 38.8 Å². The van der Waals surface area contributed by atoms with Gasteiger partial charge in [0.1, 0.15) is 5.75 Å². The van der Waals surface area contributed by atoms with Gasteiger partial charge in [-0.2, -0.15) is 11.8 Å². The number of rotatable bonds is 6. The molecule has 0 spiro atoms. The molecule has 0 bridgehead atoms. The first-order valence-corrected chi connectivity index (χ1v) is 7.45. The number of benzene rings is 1. The highest BCUT2D eigenvalue weighted by atomic mass is 32.2. The summed E-state index contributed by atoms with van der Waals surface area (Å²) in [4.78, 5) is 0. The van der Waals surface area contributed by atoms with Gasteiger partial charge >= 0.3 is 0 Å². The zero-order valence-electron chi connectivity index (χ0n) is 12.2. The zero-order valence-corrected chi connectivity index (χ0v) is 13.0. The highest BCUT2D eigenvalue weighted by Gasteiger charge is 2.13. The lowest BCUT2D eigenvalue weighted by molar-refractivity contribution is 0.411. The Labute approximate surface area is 116 Å². The number of nitrogens with one attached hydrogen (secondary N) is 1. The average molecular weight is 267 g/mol. The Hall–Kier alpha value is -0.670. The van der Waals surface area contributed by atoms with Gasteiger partial charge in [0.15, 0.2) is 0 Å². The Bertz CT molecular complexity index is 371. The summed E-state index contributed by atoms with van der Waals surface area (Å²) in [6.07, 6.45) is 0. The van der Waals surface area contributed by atoms with E-state index in [4.69, 9.17) is 4.74 Å². The normalized spacial score (nSPS) is 11.6. The second-order valence-electron chi connectivity index (χ2n) is 5.33. The lowest BCUT2D eigenvalue weighted by atomic mass is 10.1. The van der Waals surface area contributed by atoms with E-state index in [-0.39, 0.29) is 4.75 Å². The van der Waals surface area contributed by atoms with Crippen molar-refractivity contribution in [3.63, 3.8) is 0 Å². The SMILES string of the molecule is CCNCc1ccc(OC)c(CSC(C)(C)C)c1. The van der Waals surface area contributed by atoms with E-state index in [0.29, 0.717) is 0 Å². The van der Waals surface area contributed by atoms with Crippen LogP contribution in [0.2, 0.25) is 0 Å². The maximum absolute atomic E-state index is 5.44. The summed E-state index contributed by atoms with van der Waals surface area (Å²) in [6.45, 7) is 10.8. The average Bonchev–Trinajstić information content (AvgIpc) is 2.33. The van der Waals surface area contributed by atoms with E-state index in [1.54, 1.807) is 7.11 Å². The molecule has 0 aliphatic rings. The van der Waals surface area contributed by atoms with Crippen LogP contribution in [0.5, 0.6) is 5.75 Å². The van der Waals surface area contributed by atoms with Crippen LogP contribution in [0, 0.1) is 0 Å². The number of hydrogen-bond donors (Lipinski definition) is 1. The maximum atomic E-state index is 5.44. The van der Waals surface area contributed by atoms with E-state index in [0.717, 1.165) is 24.6 Å². The lowest BCUT2D eigenvalue weighted by Crippen LogP contribution is -2.12. The number of hydrogen-bond acceptors (Lipinski definition) is 3. The van der Waals surface area contributed by atoms with Crippen molar-refractivity contribution >= 4 is 11.8 Å². The molecule has 1 aromatic rings. The first-order chi connectivity index (χ1) is 8.46. The molecule has 0 saturated carbocycles. The van der Waals surface area contributed by atoms with Crippen LogP contribution in [0.3, 0.4) is 0 Å². The highest BCUT2D eigenvalue weighted by Crippen LogP contribution is 2.31. The van der Waals surface area contributed by atoms with Gasteiger partial charge in [-0.3, -0.25) is 0 Å². The highest BCUT2D eigenvalue weighted by molar-refractivity contribution is 7.99. The van der Waals surface area contributed by atoms with Crippen LogP contribution >= 0.6 is 11.8 Å². The van der Waals surface area contributed by atoms with E-state index in [1.165, 1.54) is 11.1 Å². The molecule has 1 rings (SSSR count). The molecule has 0 unspecified atom stereocenters. The fraction of sp³-hybridized carbons (Fsp3) is 0.600. The molecule has 3 heteroatoms. The fourth-order valence-electron chi connectivity index (χ4n) is 1.62. The Kier molecular flexibility index (Phi) is 6.03.